The Morgan fingerprint density at radius 3 is 2.52 bits per heavy atom. The van der Waals surface area contributed by atoms with Gasteiger partial charge in [-0.2, -0.15) is 5.10 Å². The second kappa shape index (κ2) is 7.40. The van der Waals surface area contributed by atoms with Gasteiger partial charge >= 0.3 is 0 Å². The van der Waals surface area contributed by atoms with Crippen molar-refractivity contribution in [1.29, 1.82) is 0 Å². The molecule has 0 saturated heterocycles. The van der Waals surface area contributed by atoms with E-state index in [1.54, 1.807) is 6.07 Å². The Morgan fingerprint density at radius 2 is 1.87 bits per heavy atom. The molecule has 9 nitrogen and oxygen atoms in total. The van der Waals surface area contributed by atoms with Gasteiger partial charge in [0.05, 0.1) is 22.2 Å². The van der Waals surface area contributed by atoms with Crippen molar-refractivity contribution >= 4 is 32.5 Å². The van der Waals surface area contributed by atoms with Crippen LogP contribution in [-0.4, -0.2) is 40.5 Å². The molecular weight excluding hydrogens is 420 g/mol. The highest BCUT2D eigenvalue weighted by atomic mass is 32.2. The SMILES string of the molecule is Cc1cccc(-n2ncc3c(O)c(C(=O)Nc4ccc(S(C)(=O)=O)cc4)c(=O)[nH]c32)c1. The fourth-order valence-corrected chi connectivity index (χ4v) is 3.83. The van der Waals surface area contributed by atoms with E-state index in [-0.39, 0.29) is 21.6 Å². The fourth-order valence-electron chi connectivity index (χ4n) is 3.20. The van der Waals surface area contributed by atoms with E-state index in [9.17, 15) is 23.1 Å². The Balaban J connectivity index is 1.71. The first-order chi connectivity index (χ1) is 14.6. The molecule has 0 aliphatic heterocycles. The number of nitrogens with zero attached hydrogens (tertiary/aromatic N) is 2. The maximum absolute atomic E-state index is 12.7. The van der Waals surface area contributed by atoms with Crippen LogP contribution in [0.2, 0.25) is 0 Å². The summed E-state index contributed by atoms with van der Waals surface area (Å²) in [5.41, 5.74) is 0.945. The third-order valence-electron chi connectivity index (χ3n) is 4.73. The van der Waals surface area contributed by atoms with Gasteiger partial charge in [-0.15, -0.1) is 0 Å². The lowest BCUT2D eigenvalue weighted by molar-refractivity contribution is 0.102. The molecule has 4 rings (SSSR count). The second-order valence-electron chi connectivity index (χ2n) is 7.09. The quantitative estimate of drug-likeness (QED) is 0.448. The van der Waals surface area contributed by atoms with Crippen molar-refractivity contribution in [3.05, 3.63) is 76.2 Å². The number of amides is 1. The molecule has 10 heteroatoms. The van der Waals surface area contributed by atoms with Crippen molar-refractivity contribution in [1.82, 2.24) is 14.8 Å². The third-order valence-corrected chi connectivity index (χ3v) is 5.86. The fraction of sp³-hybridized carbons (Fsp3) is 0.0952. The summed E-state index contributed by atoms with van der Waals surface area (Å²) in [5, 5.41) is 17.5. The molecule has 0 aliphatic carbocycles. The van der Waals surface area contributed by atoms with Gasteiger partial charge in [0.15, 0.2) is 9.84 Å². The average molecular weight is 438 g/mol. The van der Waals surface area contributed by atoms with E-state index in [1.807, 2.05) is 25.1 Å². The highest BCUT2D eigenvalue weighted by Gasteiger charge is 2.22. The van der Waals surface area contributed by atoms with E-state index >= 15 is 0 Å². The number of anilines is 1. The Morgan fingerprint density at radius 1 is 1.16 bits per heavy atom. The summed E-state index contributed by atoms with van der Waals surface area (Å²) in [6.07, 6.45) is 2.44. The number of aromatic amines is 1. The van der Waals surface area contributed by atoms with Gasteiger partial charge in [0.1, 0.15) is 17.0 Å². The molecule has 0 unspecified atom stereocenters. The van der Waals surface area contributed by atoms with E-state index in [0.29, 0.717) is 5.69 Å². The monoisotopic (exact) mass is 438 g/mol. The zero-order valence-electron chi connectivity index (χ0n) is 16.6. The number of benzene rings is 2. The number of aryl methyl sites for hydroxylation is 1. The van der Waals surface area contributed by atoms with Crippen LogP contribution in [0.4, 0.5) is 5.69 Å². The van der Waals surface area contributed by atoms with Gasteiger partial charge in [0.25, 0.3) is 11.5 Å². The standard InChI is InChI=1S/C21H18N4O5S/c1-12-4-3-5-14(10-12)25-19-16(11-22-25)18(26)17(21(28)24-19)20(27)23-13-6-8-15(9-7-13)31(2,29)30/h3-11H,1-2H3,(H,23,27)(H2,24,26,28). The molecule has 158 valence electrons. The number of aromatic nitrogens is 3. The van der Waals surface area contributed by atoms with Gasteiger partial charge in [0, 0.05) is 11.9 Å². The predicted molar refractivity (Wildman–Crippen MR) is 116 cm³/mol. The molecule has 0 atom stereocenters. The van der Waals surface area contributed by atoms with Gasteiger partial charge in [-0.25, -0.2) is 13.1 Å². The summed E-state index contributed by atoms with van der Waals surface area (Å²) < 4.78 is 24.6. The van der Waals surface area contributed by atoms with Crippen LogP contribution < -0.4 is 10.9 Å². The van der Waals surface area contributed by atoms with Gasteiger partial charge in [-0.3, -0.25) is 9.59 Å². The highest BCUT2D eigenvalue weighted by molar-refractivity contribution is 7.90. The van der Waals surface area contributed by atoms with E-state index in [2.05, 4.69) is 15.4 Å². The zero-order valence-corrected chi connectivity index (χ0v) is 17.4. The molecule has 0 bridgehead atoms. The van der Waals surface area contributed by atoms with Crippen LogP contribution in [0.1, 0.15) is 15.9 Å². The van der Waals surface area contributed by atoms with E-state index < -0.39 is 32.6 Å². The number of sulfone groups is 1. The van der Waals surface area contributed by atoms with Crippen LogP contribution >= 0.6 is 0 Å². The highest BCUT2D eigenvalue weighted by Crippen LogP contribution is 2.27. The van der Waals surface area contributed by atoms with E-state index in [4.69, 9.17) is 0 Å². The lowest BCUT2D eigenvalue weighted by Gasteiger charge is -2.09. The molecule has 2 aromatic carbocycles. The summed E-state index contributed by atoms with van der Waals surface area (Å²) in [7, 11) is -3.38. The average Bonchev–Trinajstić information content (AvgIpc) is 3.11. The minimum atomic E-state index is -3.38. The number of rotatable bonds is 4. The van der Waals surface area contributed by atoms with Crippen molar-refractivity contribution in [3.8, 4) is 11.4 Å². The molecule has 0 radical (unpaired) electrons. The number of hydrogen-bond acceptors (Lipinski definition) is 6. The molecule has 0 saturated carbocycles. The number of carbonyl (C=O) groups excluding carboxylic acids is 1. The van der Waals surface area contributed by atoms with Crippen LogP contribution in [0.3, 0.4) is 0 Å². The Bertz CT molecular complexity index is 1480. The van der Waals surface area contributed by atoms with Crippen molar-refractivity contribution < 1.29 is 18.3 Å². The van der Waals surface area contributed by atoms with E-state index in [0.717, 1.165) is 11.8 Å². The summed E-state index contributed by atoms with van der Waals surface area (Å²) >= 11 is 0. The molecule has 2 heterocycles. The topological polar surface area (TPSA) is 134 Å². The number of H-pyrrole nitrogens is 1. The number of aromatic hydroxyl groups is 1. The zero-order chi connectivity index (χ0) is 22.3. The minimum Gasteiger partial charge on any atom is -0.506 e. The molecule has 2 aromatic heterocycles. The summed E-state index contributed by atoms with van der Waals surface area (Å²) in [4.78, 5) is 28.0. The van der Waals surface area contributed by atoms with Crippen LogP contribution in [0.5, 0.6) is 5.75 Å². The van der Waals surface area contributed by atoms with Crippen molar-refractivity contribution in [2.24, 2.45) is 0 Å². The normalized spacial score (nSPS) is 11.5. The van der Waals surface area contributed by atoms with Crippen molar-refractivity contribution in [2.45, 2.75) is 11.8 Å². The van der Waals surface area contributed by atoms with Gasteiger partial charge in [-0.05, 0) is 48.9 Å². The smallest absolute Gasteiger partial charge is 0.266 e. The van der Waals surface area contributed by atoms with Crippen LogP contribution in [0.15, 0.2) is 64.4 Å². The maximum atomic E-state index is 12.7. The summed E-state index contributed by atoms with van der Waals surface area (Å²) in [5.74, 6) is -1.33. The second-order valence-corrected chi connectivity index (χ2v) is 9.10. The molecule has 0 spiro atoms. The first kappa shape index (κ1) is 20.4. The minimum absolute atomic E-state index is 0.0937. The Hall–Kier alpha value is -3.92. The molecule has 0 fully saturated rings. The summed E-state index contributed by atoms with van der Waals surface area (Å²) in [6.45, 7) is 1.92. The molecule has 1 amide bonds. The molecule has 31 heavy (non-hydrogen) atoms. The Labute approximate surface area is 176 Å². The van der Waals surface area contributed by atoms with Crippen molar-refractivity contribution in [2.75, 3.05) is 11.6 Å². The lowest BCUT2D eigenvalue weighted by atomic mass is 10.2. The van der Waals surface area contributed by atoms with Crippen LogP contribution in [0.25, 0.3) is 16.7 Å². The first-order valence-electron chi connectivity index (χ1n) is 9.16. The van der Waals surface area contributed by atoms with Gasteiger partial charge < -0.3 is 15.4 Å². The van der Waals surface area contributed by atoms with Gasteiger partial charge in [-0.1, -0.05) is 12.1 Å². The number of nitrogens with one attached hydrogen (secondary N) is 2. The molecule has 3 N–H and O–H groups in total. The molecular formula is C21H18N4O5S. The largest absolute Gasteiger partial charge is 0.506 e. The number of hydrogen-bond donors (Lipinski definition) is 3. The summed E-state index contributed by atoms with van der Waals surface area (Å²) in [6, 6.07) is 12.9. The van der Waals surface area contributed by atoms with Crippen LogP contribution in [-0.2, 0) is 9.84 Å². The third kappa shape index (κ3) is 3.80. The lowest BCUT2D eigenvalue weighted by Crippen LogP contribution is -2.23. The van der Waals surface area contributed by atoms with E-state index in [1.165, 1.54) is 35.1 Å². The van der Waals surface area contributed by atoms with Crippen LogP contribution in [0, 0.1) is 6.92 Å². The predicted octanol–water partition coefficient (Wildman–Crippen LogP) is 2.38. The number of carbonyl (C=O) groups is 1. The molecule has 4 aromatic rings. The van der Waals surface area contributed by atoms with Gasteiger partial charge in [0.2, 0.25) is 0 Å². The number of pyridine rings is 1. The maximum Gasteiger partial charge on any atom is 0.266 e. The van der Waals surface area contributed by atoms with Crippen molar-refractivity contribution in [3.63, 3.8) is 0 Å². The first-order valence-corrected chi connectivity index (χ1v) is 11.1. The number of fused-ring (bicyclic) bond motifs is 1. The molecule has 0 aliphatic rings. The Kier molecular flexibility index (Phi) is 4.86.